The van der Waals surface area contributed by atoms with Crippen LogP contribution in [0.2, 0.25) is 0 Å². The zero-order valence-electron chi connectivity index (χ0n) is 6.95. The van der Waals surface area contributed by atoms with Crippen molar-refractivity contribution in [1.82, 2.24) is 0 Å². The third-order valence-corrected chi connectivity index (χ3v) is 2.11. The summed E-state index contributed by atoms with van der Waals surface area (Å²) >= 11 is 0. The van der Waals surface area contributed by atoms with Crippen LogP contribution in [0.4, 0.5) is 0 Å². The third-order valence-electron chi connectivity index (χ3n) is 2.11. The van der Waals surface area contributed by atoms with E-state index < -0.39 is 11.8 Å². The van der Waals surface area contributed by atoms with Crippen LogP contribution in [-0.4, -0.2) is 30.1 Å². The predicted octanol–water partition coefficient (Wildman–Crippen LogP) is -0.253. The van der Waals surface area contributed by atoms with Gasteiger partial charge in [0.05, 0.1) is 25.0 Å². The van der Waals surface area contributed by atoms with Crippen molar-refractivity contribution in [3.05, 3.63) is 0 Å². The topological polar surface area (TPSA) is 63.6 Å². The molecule has 0 aromatic rings. The van der Waals surface area contributed by atoms with Gasteiger partial charge >= 0.3 is 5.97 Å². The van der Waals surface area contributed by atoms with Gasteiger partial charge in [-0.25, -0.2) is 0 Å². The molecule has 68 valence electrons. The number of ketones is 1. The van der Waals surface area contributed by atoms with Crippen LogP contribution in [0, 0.1) is 11.8 Å². The number of aliphatic hydroxyl groups is 1. The molecule has 0 unspecified atom stereocenters. The summed E-state index contributed by atoms with van der Waals surface area (Å²) in [7, 11) is 0. The Hall–Kier alpha value is -0.900. The quantitative estimate of drug-likeness (QED) is 0.596. The highest BCUT2D eigenvalue weighted by Gasteiger charge is 2.44. The zero-order valence-corrected chi connectivity index (χ0v) is 6.95. The summed E-state index contributed by atoms with van der Waals surface area (Å²) in [6.45, 7) is 1.79. The van der Waals surface area contributed by atoms with Crippen molar-refractivity contribution in [3.8, 4) is 0 Å². The second-order valence-electron chi connectivity index (χ2n) is 2.82. The van der Waals surface area contributed by atoms with Crippen molar-refractivity contribution >= 4 is 11.8 Å². The monoisotopic (exact) mass is 172 g/mol. The molecule has 1 rings (SSSR count). The van der Waals surface area contributed by atoms with E-state index in [1.54, 1.807) is 6.92 Å². The lowest BCUT2D eigenvalue weighted by Gasteiger charge is -2.31. The second-order valence-corrected chi connectivity index (χ2v) is 2.82. The SMILES string of the molecule is CCOC(=O)[C@H]1CC(=O)[C@@H]1CO. The molecule has 0 aromatic carbocycles. The molecule has 4 nitrogen and oxygen atoms in total. The molecule has 0 aliphatic heterocycles. The highest BCUT2D eigenvalue weighted by atomic mass is 16.5. The van der Waals surface area contributed by atoms with Crippen molar-refractivity contribution in [2.75, 3.05) is 13.2 Å². The zero-order chi connectivity index (χ0) is 9.14. The van der Waals surface area contributed by atoms with Crippen molar-refractivity contribution in [2.45, 2.75) is 13.3 Å². The molecule has 1 saturated carbocycles. The standard InChI is InChI=1S/C8H12O4/c1-2-12-8(11)5-3-7(10)6(5)4-9/h5-6,9H,2-4H2,1H3/t5-,6+/m0/s1. The van der Waals surface area contributed by atoms with Crippen LogP contribution >= 0.6 is 0 Å². The van der Waals surface area contributed by atoms with E-state index in [2.05, 4.69) is 0 Å². The van der Waals surface area contributed by atoms with E-state index in [0.717, 1.165) is 0 Å². The molecule has 0 aromatic heterocycles. The molecule has 0 radical (unpaired) electrons. The van der Waals surface area contributed by atoms with E-state index >= 15 is 0 Å². The van der Waals surface area contributed by atoms with E-state index in [0.29, 0.717) is 6.61 Å². The minimum atomic E-state index is -0.510. The van der Waals surface area contributed by atoms with Crippen LogP contribution in [0.15, 0.2) is 0 Å². The first-order chi connectivity index (χ1) is 5.70. The van der Waals surface area contributed by atoms with Gasteiger partial charge in [0.2, 0.25) is 0 Å². The van der Waals surface area contributed by atoms with Gasteiger partial charge in [-0.05, 0) is 6.92 Å². The van der Waals surface area contributed by atoms with Gasteiger partial charge in [-0.15, -0.1) is 0 Å². The lowest BCUT2D eigenvalue weighted by molar-refractivity contribution is -0.161. The van der Waals surface area contributed by atoms with Gasteiger partial charge in [0.1, 0.15) is 5.78 Å². The minimum absolute atomic E-state index is 0.0458. The molecule has 0 spiro atoms. The van der Waals surface area contributed by atoms with Crippen molar-refractivity contribution in [1.29, 1.82) is 0 Å². The van der Waals surface area contributed by atoms with Crippen LogP contribution < -0.4 is 0 Å². The Morgan fingerprint density at radius 3 is 2.83 bits per heavy atom. The molecule has 1 fully saturated rings. The van der Waals surface area contributed by atoms with Gasteiger partial charge in [0, 0.05) is 6.42 Å². The minimum Gasteiger partial charge on any atom is -0.466 e. The highest BCUT2D eigenvalue weighted by molar-refractivity contribution is 5.96. The first-order valence-electron chi connectivity index (χ1n) is 4.01. The second kappa shape index (κ2) is 3.67. The molecule has 1 aliphatic rings. The first kappa shape index (κ1) is 9.19. The van der Waals surface area contributed by atoms with Crippen LogP contribution in [0.1, 0.15) is 13.3 Å². The van der Waals surface area contributed by atoms with Gasteiger partial charge < -0.3 is 9.84 Å². The number of rotatable bonds is 3. The van der Waals surface area contributed by atoms with Gasteiger partial charge in [-0.2, -0.15) is 0 Å². The number of carbonyl (C=O) groups is 2. The normalized spacial score (nSPS) is 28.0. The highest BCUT2D eigenvalue weighted by Crippen LogP contribution is 2.31. The van der Waals surface area contributed by atoms with E-state index in [4.69, 9.17) is 9.84 Å². The van der Waals surface area contributed by atoms with E-state index in [9.17, 15) is 9.59 Å². The summed E-state index contributed by atoms with van der Waals surface area (Å²) in [5.74, 6) is -1.32. The number of hydrogen-bond donors (Lipinski definition) is 1. The summed E-state index contributed by atoms with van der Waals surface area (Å²) in [6.07, 6.45) is 0.226. The van der Waals surface area contributed by atoms with E-state index in [1.165, 1.54) is 0 Å². The molecule has 4 heteroatoms. The summed E-state index contributed by atoms with van der Waals surface area (Å²) in [5.41, 5.74) is 0. The van der Waals surface area contributed by atoms with Gasteiger partial charge in [-0.3, -0.25) is 9.59 Å². The van der Waals surface area contributed by atoms with E-state index in [-0.39, 0.29) is 24.8 Å². The molecule has 1 aliphatic carbocycles. The maximum atomic E-state index is 11.1. The largest absolute Gasteiger partial charge is 0.466 e. The fourth-order valence-corrected chi connectivity index (χ4v) is 1.30. The fourth-order valence-electron chi connectivity index (χ4n) is 1.30. The molecule has 1 N–H and O–H groups in total. The molecule has 0 heterocycles. The Morgan fingerprint density at radius 1 is 1.75 bits per heavy atom. The summed E-state index contributed by atoms with van der Waals surface area (Å²) in [5, 5.41) is 8.72. The number of ether oxygens (including phenoxy) is 1. The van der Waals surface area contributed by atoms with Gasteiger partial charge in [-0.1, -0.05) is 0 Å². The molecule has 0 saturated heterocycles. The molecular weight excluding hydrogens is 160 g/mol. The Bertz CT molecular complexity index is 199. The Morgan fingerprint density at radius 2 is 2.42 bits per heavy atom. The van der Waals surface area contributed by atoms with Gasteiger partial charge in [0.25, 0.3) is 0 Å². The first-order valence-corrected chi connectivity index (χ1v) is 4.01. The predicted molar refractivity (Wildman–Crippen MR) is 40.3 cm³/mol. The van der Waals surface area contributed by atoms with Crippen LogP contribution in [0.3, 0.4) is 0 Å². The fraction of sp³-hybridized carbons (Fsp3) is 0.750. The number of Topliss-reactive ketones (excluding diaryl/α,β-unsaturated/α-hetero) is 1. The summed E-state index contributed by atoms with van der Waals surface area (Å²) in [4.78, 5) is 21.9. The molecule has 2 atom stereocenters. The molecule has 0 bridgehead atoms. The number of aliphatic hydroxyl groups excluding tert-OH is 1. The lowest BCUT2D eigenvalue weighted by atomic mass is 9.73. The smallest absolute Gasteiger partial charge is 0.310 e. The van der Waals surface area contributed by atoms with Crippen LogP contribution in [0.5, 0.6) is 0 Å². The lowest BCUT2D eigenvalue weighted by Crippen LogP contribution is -2.44. The summed E-state index contributed by atoms with van der Waals surface area (Å²) in [6, 6.07) is 0. The average molecular weight is 172 g/mol. The maximum absolute atomic E-state index is 11.1. The number of hydrogen-bond acceptors (Lipinski definition) is 4. The Labute approximate surface area is 70.5 Å². The average Bonchev–Trinajstić information content (AvgIpc) is 2.01. The molecular formula is C8H12O4. The molecule has 12 heavy (non-hydrogen) atoms. The van der Waals surface area contributed by atoms with Crippen LogP contribution in [0.25, 0.3) is 0 Å². The Kier molecular flexibility index (Phi) is 2.81. The summed E-state index contributed by atoms with van der Waals surface area (Å²) < 4.78 is 4.72. The van der Waals surface area contributed by atoms with Crippen molar-refractivity contribution in [2.24, 2.45) is 11.8 Å². The van der Waals surface area contributed by atoms with Crippen molar-refractivity contribution in [3.63, 3.8) is 0 Å². The number of esters is 1. The Balaban J connectivity index is 2.44. The van der Waals surface area contributed by atoms with Crippen LogP contribution in [-0.2, 0) is 14.3 Å². The number of carbonyl (C=O) groups excluding carboxylic acids is 2. The maximum Gasteiger partial charge on any atom is 0.310 e. The van der Waals surface area contributed by atoms with Gasteiger partial charge in [0.15, 0.2) is 0 Å². The molecule has 0 amide bonds. The van der Waals surface area contributed by atoms with Crippen molar-refractivity contribution < 1.29 is 19.4 Å². The third kappa shape index (κ3) is 1.48. The van der Waals surface area contributed by atoms with E-state index in [1.807, 2.05) is 0 Å².